The van der Waals surface area contributed by atoms with E-state index in [0.29, 0.717) is 0 Å². The van der Waals surface area contributed by atoms with Crippen molar-refractivity contribution in [3.63, 3.8) is 0 Å². The molecule has 102 valence electrons. The summed E-state index contributed by atoms with van der Waals surface area (Å²) in [6.07, 6.45) is 4.01. The highest BCUT2D eigenvalue weighted by Gasteiger charge is 2.34. The zero-order valence-electron chi connectivity index (χ0n) is 10.7. The number of carbonyl (C=O) groups excluding carboxylic acids is 1. The van der Waals surface area contributed by atoms with Gasteiger partial charge in [0.2, 0.25) is 5.91 Å². The van der Waals surface area contributed by atoms with E-state index in [0.717, 1.165) is 36.6 Å². The predicted octanol–water partition coefficient (Wildman–Crippen LogP) is 2.71. The third kappa shape index (κ3) is 2.43. The Bertz CT molecular complexity index is 503. The largest absolute Gasteiger partial charge is 0.392 e. The smallest absolute Gasteiger partial charge is 0.226 e. The number of hydrogen-bond donors (Lipinski definition) is 2. The molecule has 0 heterocycles. The van der Waals surface area contributed by atoms with Crippen LogP contribution < -0.4 is 5.32 Å². The molecule has 1 aromatic carbocycles. The van der Waals surface area contributed by atoms with Gasteiger partial charge in [0, 0.05) is 4.47 Å². The molecule has 4 heteroatoms. The molecule has 3 unspecified atom stereocenters. The Hall–Kier alpha value is -0.870. The van der Waals surface area contributed by atoms with Crippen LogP contribution in [0.1, 0.15) is 42.9 Å². The third-order valence-electron chi connectivity index (χ3n) is 4.35. The number of benzene rings is 1. The molecular formula is C15H18BrNO2. The first kappa shape index (κ1) is 13.1. The van der Waals surface area contributed by atoms with Crippen LogP contribution in [-0.2, 0) is 11.2 Å². The van der Waals surface area contributed by atoms with Gasteiger partial charge in [0.25, 0.3) is 0 Å². The van der Waals surface area contributed by atoms with Crippen molar-refractivity contribution in [3.05, 3.63) is 33.8 Å². The molecule has 1 aromatic rings. The molecule has 0 aliphatic heterocycles. The van der Waals surface area contributed by atoms with E-state index in [1.807, 2.05) is 12.1 Å². The normalized spacial score (nSPS) is 29.3. The molecule has 2 N–H and O–H groups in total. The molecule has 3 rings (SSSR count). The first-order chi connectivity index (χ1) is 9.16. The van der Waals surface area contributed by atoms with Crippen LogP contribution in [0, 0.1) is 5.92 Å². The molecule has 3 atom stereocenters. The van der Waals surface area contributed by atoms with Gasteiger partial charge in [-0.25, -0.2) is 0 Å². The summed E-state index contributed by atoms with van der Waals surface area (Å²) in [5, 5.41) is 12.9. The summed E-state index contributed by atoms with van der Waals surface area (Å²) in [6.45, 7) is 0. The fraction of sp³-hybridized carbons (Fsp3) is 0.533. The number of fused-ring (bicyclic) bond motifs is 1. The van der Waals surface area contributed by atoms with Crippen LogP contribution >= 0.6 is 15.9 Å². The first-order valence-electron chi connectivity index (χ1n) is 6.92. The van der Waals surface area contributed by atoms with Gasteiger partial charge in [0.05, 0.1) is 18.1 Å². The topological polar surface area (TPSA) is 49.3 Å². The minimum atomic E-state index is -0.455. The van der Waals surface area contributed by atoms with E-state index in [2.05, 4.69) is 27.3 Å². The van der Waals surface area contributed by atoms with Gasteiger partial charge in [-0.15, -0.1) is 0 Å². The van der Waals surface area contributed by atoms with Crippen LogP contribution in [0.5, 0.6) is 0 Å². The number of halogens is 1. The predicted molar refractivity (Wildman–Crippen MR) is 76.7 cm³/mol. The van der Waals surface area contributed by atoms with Gasteiger partial charge in [-0.05, 0) is 49.3 Å². The number of aliphatic hydroxyl groups is 1. The van der Waals surface area contributed by atoms with E-state index in [1.165, 1.54) is 11.1 Å². The average molecular weight is 324 g/mol. The summed E-state index contributed by atoms with van der Waals surface area (Å²) in [4.78, 5) is 12.2. The number of rotatable bonds is 2. The minimum absolute atomic E-state index is 0.0165. The van der Waals surface area contributed by atoms with Crippen LogP contribution in [0.25, 0.3) is 0 Å². The highest BCUT2D eigenvalue weighted by atomic mass is 79.9. The number of carbonyl (C=O) groups is 1. The zero-order chi connectivity index (χ0) is 13.4. The maximum Gasteiger partial charge on any atom is 0.226 e. The van der Waals surface area contributed by atoms with Gasteiger partial charge in [-0.1, -0.05) is 28.1 Å². The second-order valence-electron chi connectivity index (χ2n) is 5.51. The van der Waals surface area contributed by atoms with Gasteiger partial charge in [-0.3, -0.25) is 4.79 Å². The van der Waals surface area contributed by atoms with Crippen molar-refractivity contribution >= 4 is 21.8 Å². The number of amides is 1. The molecule has 19 heavy (non-hydrogen) atoms. The van der Waals surface area contributed by atoms with Crippen molar-refractivity contribution in [2.24, 2.45) is 5.92 Å². The Balaban J connectivity index is 1.73. The van der Waals surface area contributed by atoms with Gasteiger partial charge in [0.1, 0.15) is 0 Å². The quantitative estimate of drug-likeness (QED) is 0.879. The molecule has 2 aliphatic carbocycles. The Morgan fingerprint density at radius 3 is 2.89 bits per heavy atom. The SMILES string of the molecule is O=C(NC1CCc2c(Br)cccc21)C1CCCC1O. The van der Waals surface area contributed by atoms with Crippen molar-refractivity contribution in [3.8, 4) is 0 Å². The van der Waals surface area contributed by atoms with E-state index in [-0.39, 0.29) is 17.9 Å². The maximum atomic E-state index is 12.2. The van der Waals surface area contributed by atoms with Crippen molar-refractivity contribution in [1.29, 1.82) is 0 Å². The Labute approximate surface area is 121 Å². The maximum absolute atomic E-state index is 12.2. The van der Waals surface area contributed by atoms with Crippen LogP contribution in [0.2, 0.25) is 0 Å². The molecule has 0 aromatic heterocycles. The van der Waals surface area contributed by atoms with E-state index < -0.39 is 6.10 Å². The summed E-state index contributed by atoms with van der Waals surface area (Å²) in [7, 11) is 0. The lowest BCUT2D eigenvalue weighted by atomic mass is 10.0. The molecule has 0 bridgehead atoms. The molecule has 1 saturated carbocycles. The van der Waals surface area contributed by atoms with Gasteiger partial charge in [0.15, 0.2) is 0 Å². The van der Waals surface area contributed by atoms with Crippen LogP contribution in [0.15, 0.2) is 22.7 Å². The number of aliphatic hydroxyl groups excluding tert-OH is 1. The van der Waals surface area contributed by atoms with Crippen molar-refractivity contribution in [2.75, 3.05) is 0 Å². The van der Waals surface area contributed by atoms with Crippen LogP contribution in [-0.4, -0.2) is 17.1 Å². The molecule has 0 saturated heterocycles. The lowest BCUT2D eigenvalue weighted by molar-refractivity contribution is -0.128. The summed E-state index contributed by atoms with van der Waals surface area (Å²) < 4.78 is 1.13. The van der Waals surface area contributed by atoms with Crippen molar-refractivity contribution in [1.82, 2.24) is 5.32 Å². The molecule has 1 amide bonds. The highest BCUT2D eigenvalue weighted by molar-refractivity contribution is 9.10. The summed E-state index contributed by atoms with van der Waals surface area (Å²) in [5.41, 5.74) is 2.52. The summed E-state index contributed by atoms with van der Waals surface area (Å²) >= 11 is 3.56. The fourth-order valence-corrected chi connectivity index (χ4v) is 3.86. The van der Waals surface area contributed by atoms with Crippen molar-refractivity contribution < 1.29 is 9.90 Å². The third-order valence-corrected chi connectivity index (χ3v) is 5.09. The van der Waals surface area contributed by atoms with Gasteiger partial charge >= 0.3 is 0 Å². The van der Waals surface area contributed by atoms with E-state index in [4.69, 9.17) is 0 Å². The molecule has 3 nitrogen and oxygen atoms in total. The monoisotopic (exact) mass is 323 g/mol. The molecule has 0 spiro atoms. The Kier molecular flexibility index (Phi) is 3.63. The number of hydrogen-bond acceptors (Lipinski definition) is 2. The highest BCUT2D eigenvalue weighted by Crippen LogP contribution is 2.36. The Morgan fingerprint density at radius 2 is 2.16 bits per heavy atom. The van der Waals surface area contributed by atoms with Gasteiger partial charge < -0.3 is 10.4 Å². The second kappa shape index (κ2) is 5.25. The Morgan fingerprint density at radius 1 is 1.32 bits per heavy atom. The average Bonchev–Trinajstić information content (AvgIpc) is 2.97. The molecule has 2 aliphatic rings. The van der Waals surface area contributed by atoms with Crippen LogP contribution in [0.3, 0.4) is 0 Å². The lowest BCUT2D eigenvalue weighted by Crippen LogP contribution is -2.36. The van der Waals surface area contributed by atoms with E-state index >= 15 is 0 Å². The van der Waals surface area contributed by atoms with Gasteiger partial charge in [-0.2, -0.15) is 0 Å². The lowest BCUT2D eigenvalue weighted by Gasteiger charge is -2.19. The zero-order valence-corrected chi connectivity index (χ0v) is 12.3. The summed E-state index contributed by atoms with van der Waals surface area (Å²) in [5.74, 6) is -0.195. The van der Waals surface area contributed by atoms with Crippen molar-refractivity contribution in [2.45, 2.75) is 44.2 Å². The first-order valence-corrected chi connectivity index (χ1v) is 7.72. The van der Waals surface area contributed by atoms with Crippen LogP contribution in [0.4, 0.5) is 0 Å². The molecule has 1 fully saturated rings. The minimum Gasteiger partial charge on any atom is -0.392 e. The fourth-order valence-electron chi connectivity index (χ4n) is 3.28. The second-order valence-corrected chi connectivity index (χ2v) is 6.37. The van der Waals surface area contributed by atoms with E-state index in [1.54, 1.807) is 0 Å². The standard InChI is InChI=1S/C15H18BrNO2/c16-12-5-1-3-10-9(12)7-8-13(10)17-15(19)11-4-2-6-14(11)18/h1,3,5,11,13-14,18H,2,4,6-8H2,(H,17,19). The molecular weight excluding hydrogens is 306 g/mol. The van der Waals surface area contributed by atoms with E-state index in [9.17, 15) is 9.90 Å². The number of nitrogens with one attached hydrogen (secondary N) is 1. The molecule has 0 radical (unpaired) electrons. The summed E-state index contributed by atoms with van der Waals surface area (Å²) in [6, 6.07) is 6.25.